The normalized spacial score (nSPS) is 15.5. The van der Waals surface area contributed by atoms with Crippen LogP contribution in [0.25, 0.3) is 6.08 Å². The summed E-state index contributed by atoms with van der Waals surface area (Å²) in [6.45, 7) is 6.16. The Morgan fingerprint density at radius 3 is 2.59 bits per heavy atom. The van der Waals surface area contributed by atoms with Gasteiger partial charge in [-0.25, -0.2) is 9.69 Å². The van der Waals surface area contributed by atoms with Crippen molar-refractivity contribution in [2.24, 2.45) is 0 Å². The van der Waals surface area contributed by atoms with Gasteiger partial charge >= 0.3 is 6.03 Å². The van der Waals surface area contributed by atoms with E-state index in [1.807, 2.05) is 31.2 Å². The third-order valence-electron chi connectivity index (χ3n) is 6.14. The highest BCUT2D eigenvalue weighted by molar-refractivity contribution is 9.10. The van der Waals surface area contributed by atoms with E-state index in [-0.39, 0.29) is 19.0 Å². The topological polar surface area (TPSA) is 94.2 Å². The maximum atomic E-state index is 13.3. The molecular weight excluding hydrogens is 632 g/mol. The molecule has 198 valence electrons. The van der Waals surface area contributed by atoms with Crippen LogP contribution in [0, 0.1) is 6.92 Å². The van der Waals surface area contributed by atoms with Crippen LogP contribution in [0.15, 0.2) is 75.7 Å². The standard InChI is InChI=1S/C29H22Br2N2O6/c1-3-4-19-10-18(12-23(31)26(19)37-14-17-5-8-24-25(13-17)39-15-38-24)11-21-27(34)32-29(36)33(28(21)35)20-6-7-22(30)16(2)9-20/h3,5-13H,1,4,14-15H2,2H3,(H,32,34,36)/b21-11+. The number of rotatable bonds is 7. The molecule has 4 amide bonds. The first-order valence-corrected chi connectivity index (χ1v) is 13.5. The lowest BCUT2D eigenvalue weighted by Crippen LogP contribution is -2.54. The largest absolute Gasteiger partial charge is 0.487 e. The van der Waals surface area contributed by atoms with Gasteiger partial charge in [0.25, 0.3) is 11.8 Å². The molecule has 3 aromatic rings. The number of allylic oxidation sites excluding steroid dienone is 1. The first-order chi connectivity index (χ1) is 18.7. The number of urea groups is 1. The highest BCUT2D eigenvalue weighted by Crippen LogP contribution is 2.36. The number of fused-ring (bicyclic) bond motifs is 1. The summed E-state index contributed by atoms with van der Waals surface area (Å²) in [5.41, 5.74) is 3.31. The number of imide groups is 2. The summed E-state index contributed by atoms with van der Waals surface area (Å²) in [5.74, 6) is 0.497. The molecule has 10 heteroatoms. The number of nitrogens with zero attached hydrogens (tertiary/aromatic N) is 1. The SMILES string of the molecule is C=CCc1cc(/C=C2\C(=O)NC(=O)N(c3ccc(Br)c(C)c3)C2=O)cc(Br)c1OCc1ccc2c(c1)OCO2. The van der Waals surface area contributed by atoms with Crippen LogP contribution in [-0.2, 0) is 22.6 Å². The van der Waals surface area contributed by atoms with Gasteiger partial charge in [-0.15, -0.1) is 6.58 Å². The smallest absolute Gasteiger partial charge is 0.335 e. The molecule has 2 heterocycles. The van der Waals surface area contributed by atoms with Gasteiger partial charge in [0.15, 0.2) is 11.5 Å². The van der Waals surface area contributed by atoms with Gasteiger partial charge in [-0.05, 0) is 100 Å². The summed E-state index contributed by atoms with van der Waals surface area (Å²) in [6.07, 6.45) is 3.68. The van der Waals surface area contributed by atoms with Crippen molar-refractivity contribution >= 4 is 61.5 Å². The van der Waals surface area contributed by atoms with E-state index >= 15 is 0 Å². The lowest BCUT2D eigenvalue weighted by Gasteiger charge is -2.26. The molecule has 1 fully saturated rings. The number of amides is 4. The first kappa shape index (κ1) is 26.7. The molecule has 2 aliphatic heterocycles. The highest BCUT2D eigenvalue weighted by Gasteiger charge is 2.37. The summed E-state index contributed by atoms with van der Waals surface area (Å²) in [4.78, 5) is 39.6. The Kier molecular flexibility index (Phi) is 7.58. The molecule has 0 aliphatic carbocycles. The molecule has 5 rings (SSSR count). The Balaban J connectivity index is 1.44. The number of ether oxygens (including phenoxy) is 3. The van der Waals surface area contributed by atoms with E-state index in [0.717, 1.165) is 26.1 Å². The van der Waals surface area contributed by atoms with Crippen LogP contribution in [0.1, 0.15) is 22.3 Å². The van der Waals surface area contributed by atoms with Crippen LogP contribution in [0.2, 0.25) is 0 Å². The van der Waals surface area contributed by atoms with Crippen LogP contribution in [0.3, 0.4) is 0 Å². The molecule has 3 aromatic carbocycles. The third-order valence-corrected chi connectivity index (χ3v) is 7.62. The van der Waals surface area contributed by atoms with E-state index in [1.165, 1.54) is 6.08 Å². The van der Waals surface area contributed by atoms with Crippen molar-refractivity contribution in [3.63, 3.8) is 0 Å². The number of hydrogen-bond acceptors (Lipinski definition) is 6. The number of benzene rings is 3. The van der Waals surface area contributed by atoms with Crippen molar-refractivity contribution in [1.82, 2.24) is 5.32 Å². The molecule has 0 saturated carbocycles. The van der Waals surface area contributed by atoms with Crippen molar-refractivity contribution in [3.05, 3.63) is 98.0 Å². The Labute approximate surface area is 241 Å². The molecular formula is C29H22Br2N2O6. The fourth-order valence-electron chi connectivity index (χ4n) is 4.24. The molecule has 0 atom stereocenters. The van der Waals surface area contributed by atoms with Gasteiger partial charge in [0.05, 0.1) is 10.2 Å². The molecule has 39 heavy (non-hydrogen) atoms. The van der Waals surface area contributed by atoms with Crippen molar-refractivity contribution in [3.8, 4) is 17.2 Å². The minimum Gasteiger partial charge on any atom is -0.487 e. The minimum atomic E-state index is -0.801. The molecule has 1 N–H and O–H groups in total. The van der Waals surface area contributed by atoms with Crippen LogP contribution in [0.4, 0.5) is 10.5 Å². The number of barbiturate groups is 1. The number of hydrogen-bond donors (Lipinski definition) is 1. The van der Waals surface area contributed by atoms with E-state index in [1.54, 1.807) is 30.3 Å². The molecule has 2 aliphatic rings. The Bertz CT molecular complexity index is 1570. The lowest BCUT2D eigenvalue weighted by atomic mass is 10.0. The Morgan fingerprint density at radius 2 is 1.82 bits per heavy atom. The number of nitrogens with one attached hydrogen (secondary N) is 1. The van der Waals surface area contributed by atoms with Gasteiger partial charge < -0.3 is 14.2 Å². The summed E-state index contributed by atoms with van der Waals surface area (Å²) in [5, 5.41) is 2.26. The van der Waals surface area contributed by atoms with Gasteiger partial charge in [0, 0.05) is 4.47 Å². The number of aryl methyl sites for hydroxylation is 1. The molecule has 1 saturated heterocycles. The molecule has 0 spiro atoms. The Hall–Kier alpha value is -3.89. The van der Waals surface area contributed by atoms with Crippen molar-refractivity contribution < 1.29 is 28.6 Å². The predicted octanol–water partition coefficient (Wildman–Crippen LogP) is 6.22. The number of halogens is 2. The second-order valence-electron chi connectivity index (χ2n) is 8.85. The maximum Gasteiger partial charge on any atom is 0.335 e. The Morgan fingerprint density at radius 1 is 1.03 bits per heavy atom. The van der Waals surface area contributed by atoms with E-state index in [0.29, 0.717) is 39.4 Å². The van der Waals surface area contributed by atoms with Gasteiger partial charge in [-0.1, -0.05) is 28.1 Å². The maximum absolute atomic E-state index is 13.3. The van der Waals surface area contributed by atoms with E-state index in [4.69, 9.17) is 14.2 Å². The van der Waals surface area contributed by atoms with Crippen LogP contribution < -0.4 is 24.4 Å². The first-order valence-electron chi connectivity index (χ1n) is 11.9. The van der Waals surface area contributed by atoms with Gasteiger partial charge in [0.1, 0.15) is 17.9 Å². The molecule has 8 nitrogen and oxygen atoms in total. The van der Waals surface area contributed by atoms with Gasteiger partial charge in [-0.2, -0.15) is 0 Å². The number of carbonyl (C=O) groups excluding carboxylic acids is 3. The lowest BCUT2D eigenvalue weighted by molar-refractivity contribution is -0.122. The van der Waals surface area contributed by atoms with E-state index in [2.05, 4.69) is 43.8 Å². The fraction of sp³-hybridized carbons (Fsp3) is 0.138. The average Bonchev–Trinajstić information content (AvgIpc) is 3.36. The zero-order valence-electron chi connectivity index (χ0n) is 20.8. The van der Waals surface area contributed by atoms with Crippen molar-refractivity contribution in [1.29, 1.82) is 0 Å². The third kappa shape index (κ3) is 5.48. The summed E-state index contributed by atoms with van der Waals surface area (Å²) >= 11 is 6.99. The van der Waals surface area contributed by atoms with E-state index < -0.39 is 17.8 Å². The molecule has 0 bridgehead atoms. The predicted molar refractivity (Wildman–Crippen MR) is 153 cm³/mol. The van der Waals surface area contributed by atoms with Crippen molar-refractivity contribution in [2.75, 3.05) is 11.7 Å². The fourth-order valence-corrected chi connectivity index (χ4v) is 5.12. The summed E-state index contributed by atoms with van der Waals surface area (Å²) in [6, 6.07) is 13.4. The second kappa shape index (κ2) is 11.1. The van der Waals surface area contributed by atoms with Gasteiger partial charge in [0.2, 0.25) is 6.79 Å². The summed E-state index contributed by atoms with van der Waals surface area (Å²) in [7, 11) is 0. The van der Waals surface area contributed by atoms with E-state index in [9.17, 15) is 14.4 Å². The van der Waals surface area contributed by atoms with Crippen molar-refractivity contribution in [2.45, 2.75) is 20.0 Å². The zero-order chi connectivity index (χ0) is 27.7. The summed E-state index contributed by atoms with van der Waals surface area (Å²) < 4.78 is 18.4. The number of anilines is 1. The quantitative estimate of drug-likeness (QED) is 0.185. The zero-order valence-corrected chi connectivity index (χ0v) is 23.9. The minimum absolute atomic E-state index is 0.166. The molecule has 0 unspecified atom stereocenters. The second-order valence-corrected chi connectivity index (χ2v) is 10.6. The van der Waals surface area contributed by atoms with Crippen LogP contribution >= 0.6 is 31.9 Å². The van der Waals surface area contributed by atoms with Gasteiger partial charge in [-0.3, -0.25) is 14.9 Å². The number of carbonyl (C=O) groups is 3. The van der Waals surface area contributed by atoms with Crippen LogP contribution in [-0.4, -0.2) is 24.6 Å². The average molecular weight is 654 g/mol. The highest BCUT2D eigenvalue weighted by atomic mass is 79.9. The van der Waals surface area contributed by atoms with Crippen LogP contribution in [0.5, 0.6) is 17.2 Å². The molecule has 0 aromatic heterocycles. The molecule has 0 radical (unpaired) electrons. The monoisotopic (exact) mass is 652 g/mol.